The van der Waals surface area contributed by atoms with Gasteiger partial charge in [-0.2, -0.15) is 5.10 Å². The Bertz CT molecular complexity index is 536. The van der Waals surface area contributed by atoms with E-state index in [4.69, 9.17) is 9.84 Å². The topological polar surface area (TPSA) is 73.1 Å². The molecule has 2 heterocycles. The van der Waals surface area contributed by atoms with E-state index in [0.29, 0.717) is 17.3 Å². The first-order valence-electron chi connectivity index (χ1n) is 5.21. The van der Waals surface area contributed by atoms with Crippen LogP contribution in [0.2, 0.25) is 0 Å². The first-order chi connectivity index (χ1) is 8.11. The van der Waals surface area contributed by atoms with Crippen LogP contribution >= 0.6 is 0 Å². The SMILES string of the molecule is Cc1nn(C)c(C)c1Oc1cncc(CO)n1. The van der Waals surface area contributed by atoms with Crippen LogP contribution in [0.3, 0.4) is 0 Å². The Labute approximate surface area is 98.9 Å². The van der Waals surface area contributed by atoms with Gasteiger partial charge >= 0.3 is 0 Å². The number of aliphatic hydroxyl groups is 1. The Morgan fingerprint density at radius 3 is 2.71 bits per heavy atom. The van der Waals surface area contributed by atoms with Gasteiger partial charge in [-0.1, -0.05) is 0 Å². The minimum atomic E-state index is -0.158. The minimum Gasteiger partial charge on any atom is -0.434 e. The van der Waals surface area contributed by atoms with Gasteiger partial charge in [0.1, 0.15) is 5.69 Å². The molecule has 0 unspecified atom stereocenters. The van der Waals surface area contributed by atoms with Crippen molar-refractivity contribution in [3.8, 4) is 11.6 Å². The number of aliphatic hydroxyl groups excluding tert-OH is 1. The number of aryl methyl sites for hydroxylation is 2. The molecule has 0 saturated heterocycles. The van der Waals surface area contributed by atoms with E-state index in [1.807, 2.05) is 20.9 Å². The number of hydrogen-bond donors (Lipinski definition) is 1. The number of aromatic nitrogens is 4. The van der Waals surface area contributed by atoms with Crippen LogP contribution in [-0.2, 0) is 13.7 Å². The second-order valence-electron chi connectivity index (χ2n) is 3.73. The molecule has 6 nitrogen and oxygen atoms in total. The fourth-order valence-corrected chi connectivity index (χ4v) is 1.52. The predicted molar refractivity (Wildman–Crippen MR) is 60.7 cm³/mol. The summed E-state index contributed by atoms with van der Waals surface area (Å²) in [6.07, 6.45) is 3.00. The first-order valence-corrected chi connectivity index (χ1v) is 5.21. The highest BCUT2D eigenvalue weighted by Crippen LogP contribution is 2.26. The Morgan fingerprint density at radius 2 is 2.12 bits per heavy atom. The molecule has 90 valence electrons. The third-order valence-electron chi connectivity index (χ3n) is 2.47. The molecular formula is C11H14N4O2. The van der Waals surface area contributed by atoms with E-state index >= 15 is 0 Å². The summed E-state index contributed by atoms with van der Waals surface area (Å²) in [6, 6.07) is 0. The average molecular weight is 234 g/mol. The highest BCUT2D eigenvalue weighted by Gasteiger charge is 2.12. The Morgan fingerprint density at radius 1 is 1.35 bits per heavy atom. The number of nitrogens with zero attached hydrogens (tertiary/aromatic N) is 4. The summed E-state index contributed by atoms with van der Waals surface area (Å²) in [5, 5.41) is 13.2. The lowest BCUT2D eigenvalue weighted by molar-refractivity contribution is 0.274. The smallest absolute Gasteiger partial charge is 0.238 e. The quantitative estimate of drug-likeness (QED) is 0.861. The third kappa shape index (κ3) is 2.26. The second-order valence-corrected chi connectivity index (χ2v) is 3.73. The highest BCUT2D eigenvalue weighted by molar-refractivity contribution is 5.34. The van der Waals surface area contributed by atoms with Crippen molar-refractivity contribution in [2.75, 3.05) is 0 Å². The van der Waals surface area contributed by atoms with Crippen molar-refractivity contribution in [1.82, 2.24) is 19.7 Å². The molecule has 0 aliphatic carbocycles. The molecule has 0 aliphatic heterocycles. The van der Waals surface area contributed by atoms with Gasteiger partial charge in [-0.25, -0.2) is 4.98 Å². The van der Waals surface area contributed by atoms with Crippen molar-refractivity contribution in [1.29, 1.82) is 0 Å². The van der Waals surface area contributed by atoms with E-state index in [-0.39, 0.29) is 6.61 Å². The van der Waals surface area contributed by atoms with Crippen molar-refractivity contribution >= 4 is 0 Å². The molecule has 0 aromatic carbocycles. The monoisotopic (exact) mass is 234 g/mol. The lowest BCUT2D eigenvalue weighted by atomic mass is 10.3. The van der Waals surface area contributed by atoms with Gasteiger partial charge in [-0.15, -0.1) is 0 Å². The van der Waals surface area contributed by atoms with Gasteiger partial charge in [0.2, 0.25) is 5.88 Å². The van der Waals surface area contributed by atoms with Crippen molar-refractivity contribution in [2.24, 2.45) is 7.05 Å². The lowest BCUT2D eigenvalue weighted by Crippen LogP contribution is -1.96. The maximum atomic E-state index is 8.97. The van der Waals surface area contributed by atoms with Gasteiger partial charge in [0, 0.05) is 7.05 Å². The van der Waals surface area contributed by atoms with Gasteiger partial charge < -0.3 is 9.84 Å². The van der Waals surface area contributed by atoms with E-state index < -0.39 is 0 Å². The minimum absolute atomic E-state index is 0.158. The molecule has 0 aliphatic rings. The second kappa shape index (κ2) is 4.50. The molecule has 1 N–H and O–H groups in total. The Balaban J connectivity index is 2.31. The van der Waals surface area contributed by atoms with E-state index in [1.165, 1.54) is 12.4 Å². The lowest BCUT2D eigenvalue weighted by Gasteiger charge is -2.05. The van der Waals surface area contributed by atoms with Crippen molar-refractivity contribution in [3.63, 3.8) is 0 Å². The Hall–Kier alpha value is -1.95. The summed E-state index contributed by atoms with van der Waals surface area (Å²) < 4.78 is 7.38. The molecule has 0 bridgehead atoms. The summed E-state index contributed by atoms with van der Waals surface area (Å²) in [5.74, 6) is 1.03. The summed E-state index contributed by atoms with van der Waals surface area (Å²) in [4.78, 5) is 8.05. The number of hydrogen-bond acceptors (Lipinski definition) is 5. The molecule has 2 rings (SSSR count). The fraction of sp³-hybridized carbons (Fsp3) is 0.364. The van der Waals surface area contributed by atoms with Crippen LogP contribution in [-0.4, -0.2) is 24.9 Å². The summed E-state index contributed by atoms with van der Waals surface area (Å²) in [6.45, 7) is 3.62. The molecule has 0 spiro atoms. The molecule has 0 saturated carbocycles. The van der Waals surface area contributed by atoms with Crippen molar-refractivity contribution < 1.29 is 9.84 Å². The maximum absolute atomic E-state index is 8.97. The van der Waals surface area contributed by atoms with Crippen molar-refractivity contribution in [2.45, 2.75) is 20.5 Å². The van der Waals surface area contributed by atoms with Crippen LogP contribution in [0.5, 0.6) is 11.6 Å². The zero-order valence-corrected chi connectivity index (χ0v) is 10.0. The van der Waals surface area contributed by atoms with Gasteiger partial charge in [-0.05, 0) is 13.8 Å². The van der Waals surface area contributed by atoms with Crippen LogP contribution in [0.25, 0.3) is 0 Å². The predicted octanol–water partition coefficient (Wildman–Crippen LogP) is 1.11. The van der Waals surface area contributed by atoms with E-state index in [2.05, 4.69) is 15.1 Å². The van der Waals surface area contributed by atoms with Crippen molar-refractivity contribution in [3.05, 3.63) is 29.5 Å². The van der Waals surface area contributed by atoms with Gasteiger partial charge in [0.25, 0.3) is 0 Å². The van der Waals surface area contributed by atoms with E-state index in [0.717, 1.165) is 11.4 Å². The van der Waals surface area contributed by atoms with Crippen LogP contribution in [0.1, 0.15) is 17.1 Å². The van der Waals surface area contributed by atoms with Gasteiger partial charge in [0.15, 0.2) is 5.75 Å². The Kier molecular flexibility index (Phi) is 3.06. The molecule has 2 aromatic rings. The van der Waals surface area contributed by atoms with Crippen LogP contribution in [0.15, 0.2) is 12.4 Å². The molecule has 17 heavy (non-hydrogen) atoms. The largest absolute Gasteiger partial charge is 0.434 e. The number of rotatable bonds is 3. The molecule has 2 aromatic heterocycles. The maximum Gasteiger partial charge on any atom is 0.238 e. The normalized spacial score (nSPS) is 10.6. The third-order valence-corrected chi connectivity index (χ3v) is 2.47. The molecule has 0 fully saturated rings. The average Bonchev–Trinajstić information content (AvgIpc) is 2.56. The number of ether oxygens (including phenoxy) is 1. The summed E-state index contributed by atoms with van der Waals surface area (Å²) >= 11 is 0. The zero-order chi connectivity index (χ0) is 12.4. The van der Waals surface area contributed by atoms with Gasteiger partial charge in [0.05, 0.1) is 30.4 Å². The molecular weight excluding hydrogens is 220 g/mol. The molecule has 0 radical (unpaired) electrons. The standard InChI is InChI=1S/C11H14N4O2/c1-7-11(8(2)15(3)14-7)17-10-5-12-4-9(6-16)13-10/h4-5,16H,6H2,1-3H3. The zero-order valence-electron chi connectivity index (χ0n) is 10.0. The highest BCUT2D eigenvalue weighted by atomic mass is 16.5. The van der Waals surface area contributed by atoms with E-state index in [9.17, 15) is 0 Å². The van der Waals surface area contributed by atoms with Crippen LogP contribution in [0.4, 0.5) is 0 Å². The fourth-order valence-electron chi connectivity index (χ4n) is 1.52. The summed E-state index contributed by atoms with van der Waals surface area (Å²) in [5.41, 5.74) is 2.18. The van der Waals surface area contributed by atoms with Gasteiger partial charge in [-0.3, -0.25) is 9.67 Å². The molecule has 0 amide bonds. The van der Waals surface area contributed by atoms with Crippen LogP contribution in [0, 0.1) is 13.8 Å². The molecule has 0 atom stereocenters. The summed E-state index contributed by atoms with van der Waals surface area (Å²) in [7, 11) is 1.85. The molecule has 6 heteroatoms. The first kappa shape index (κ1) is 11.5. The van der Waals surface area contributed by atoms with Crippen LogP contribution < -0.4 is 4.74 Å². The van der Waals surface area contributed by atoms with E-state index in [1.54, 1.807) is 4.68 Å².